The molecule has 0 aliphatic carbocycles. The Kier molecular flexibility index (Phi) is 60.8. The van der Waals surface area contributed by atoms with E-state index in [2.05, 4.69) is 41.8 Å². The fraction of sp³-hybridized carbons (Fsp3) is 1.00. The van der Waals surface area contributed by atoms with Gasteiger partial charge in [-0.3, -0.25) is 0 Å². The van der Waals surface area contributed by atoms with Gasteiger partial charge in [0, 0.05) is 0 Å². The van der Waals surface area contributed by atoms with E-state index in [1.165, 1.54) is 403 Å². The van der Waals surface area contributed by atoms with Crippen molar-refractivity contribution in [2.75, 3.05) is 14.1 Å². The van der Waals surface area contributed by atoms with Crippen LogP contribution in [0.3, 0.4) is 0 Å². The summed E-state index contributed by atoms with van der Waals surface area (Å²) in [5, 5.41) is 0. The third-order valence-electron chi connectivity index (χ3n) is 17.9. The van der Waals surface area contributed by atoms with Crippen LogP contribution in [-0.4, -0.2) is 30.7 Å². The molecule has 1 heteroatoms. The van der Waals surface area contributed by atoms with Crippen LogP contribution in [0.15, 0.2) is 0 Å². The number of unbranched alkanes of at least 4 members (excludes halogenated alkanes) is 54. The van der Waals surface area contributed by atoms with Crippen LogP contribution in [0.5, 0.6) is 0 Å². The molecule has 0 aromatic carbocycles. The summed E-state index contributed by atoms with van der Waals surface area (Å²) >= 11 is 0. The van der Waals surface area contributed by atoms with Gasteiger partial charge in [-0.05, 0) is 51.4 Å². The van der Waals surface area contributed by atoms with Crippen LogP contribution in [0.25, 0.3) is 0 Å². The highest BCUT2D eigenvalue weighted by Crippen LogP contribution is 2.31. The van der Waals surface area contributed by atoms with Gasteiger partial charge in [0.25, 0.3) is 0 Å². The number of quaternary nitrogens is 1. The summed E-state index contributed by atoms with van der Waals surface area (Å²) in [4.78, 5) is 0. The zero-order valence-electron chi connectivity index (χ0n) is 51.4. The fourth-order valence-electron chi connectivity index (χ4n) is 12.6. The van der Waals surface area contributed by atoms with E-state index in [9.17, 15) is 0 Å². The van der Waals surface area contributed by atoms with E-state index in [1.807, 2.05) is 0 Å². The molecule has 0 saturated carbocycles. The zero-order chi connectivity index (χ0) is 51.5. The van der Waals surface area contributed by atoms with Crippen molar-refractivity contribution < 1.29 is 4.48 Å². The SMILES string of the molecule is CCCCCCCCCCCCCCCCCC(CCCCCCCCCCCCCCCC)[N+](C)(C)C(CCCCCCCCCCCCCCCC)CCCCCCCCCCCCCCCCC. The predicted octanol–water partition coefficient (Wildman–Crippen LogP) is 26.1. The molecular weight excluding hydrogens is 855 g/mol. The monoisotopic (exact) mass is 999 g/mol. The molecule has 0 aromatic heterocycles. The van der Waals surface area contributed by atoms with Gasteiger partial charge in [-0.15, -0.1) is 0 Å². The standard InChI is InChI=1S/C70H144N/c1-7-11-15-19-23-27-31-35-39-43-47-51-55-59-63-67-69(65-61-57-53-49-45-41-37-33-29-25-21-17-13-9-3)71(5,6)70(66-62-58-54-50-46-42-38-34-30-26-22-18-14-10-4)68-64-60-56-52-48-44-40-36-32-28-24-20-16-12-8-2/h69-70H,7-68H2,1-6H3/q+1. The van der Waals surface area contributed by atoms with E-state index < -0.39 is 0 Å². The summed E-state index contributed by atoms with van der Waals surface area (Å²) in [5.74, 6) is 0. The molecule has 2 unspecified atom stereocenters. The Morgan fingerprint density at radius 2 is 0.254 bits per heavy atom. The highest BCUT2D eigenvalue weighted by Gasteiger charge is 2.35. The lowest BCUT2D eigenvalue weighted by Gasteiger charge is -2.45. The lowest BCUT2D eigenvalue weighted by atomic mass is 9.91. The maximum Gasteiger partial charge on any atom is 0.0888 e. The zero-order valence-corrected chi connectivity index (χ0v) is 51.4. The molecule has 0 fully saturated rings. The number of rotatable bonds is 64. The van der Waals surface area contributed by atoms with Gasteiger partial charge in [0.15, 0.2) is 0 Å². The Morgan fingerprint density at radius 1 is 0.155 bits per heavy atom. The molecule has 0 N–H and O–H groups in total. The van der Waals surface area contributed by atoms with E-state index in [4.69, 9.17) is 0 Å². The second-order valence-electron chi connectivity index (χ2n) is 25.2. The summed E-state index contributed by atoms with van der Waals surface area (Å²) in [6.45, 7) is 9.33. The summed E-state index contributed by atoms with van der Waals surface area (Å²) in [5.41, 5.74) is 0. The van der Waals surface area contributed by atoms with Crippen LogP contribution in [0.4, 0.5) is 0 Å². The third kappa shape index (κ3) is 53.2. The van der Waals surface area contributed by atoms with E-state index in [0.717, 1.165) is 12.1 Å². The molecular formula is C70H144N+. The first-order valence-corrected chi connectivity index (χ1v) is 34.9. The van der Waals surface area contributed by atoms with Gasteiger partial charge in [-0.1, -0.05) is 374 Å². The van der Waals surface area contributed by atoms with Crippen molar-refractivity contribution in [3.8, 4) is 0 Å². The van der Waals surface area contributed by atoms with E-state index in [1.54, 1.807) is 0 Å². The minimum atomic E-state index is 0.863. The van der Waals surface area contributed by atoms with E-state index in [-0.39, 0.29) is 0 Å². The number of nitrogens with zero attached hydrogens (tertiary/aromatic N) is 1. The lowest BCUT2D eigenvalue weighted by Crippen LogP contribution is -2.55. The minimum Gasteiger partial charge on any atom is -0.324 e. The van der Waals surface area contributed by atoms with Crippen molar-refractivity contribution in [2.24, 2.45) is 0 Å². The average Bonchev–Trinajstić information content (AvgIpc) is 3.37. The first-order chi connectivity index (χ1) is 35.0. The van der Waals surface area contributed by atoms with Gasteiger partial charge in [0.05, 0.1) is 26.2 Å². The van der Waals surface area contributed by atoms with Crippen LogP contribution in [0.1, 0.15) is 426 Å². The Hall–Kier alpha value is -0.0400. The Labute approximate surface area is 454 Å². The van der Waals surface area contributed by atoms with E-state index in [0.29, 0.717) is 0 Å². The first-order valence-electron chi connectivity index (χ1n) is 34.9. The largest absolute Gasteiger partial charge is 0.324 e. The smallest absolute Gasteiger partial charge is 0.0888 e. The average molecular weight is 1000 g/mol. The predicted molar refractivity (Wildman–Crippen MR) is 329 cm³/mol. The molecule has 0 aliphatic rings. The molecule has 0 spiro atoms. The molecule has 0 rings (SSSR count). The van der Waals surface area contributed by atoms with Gasteiger partial charge in [-0.25, -0.2) is 0 Å². The first kappa shape index (κ1) is 71.0. The highest BCUT2D eigenvalue weighted by molar-refractivity contribution is 4.69. The van der Waals surface area contributed by atoms with Crippen LogP contribution >= 0.6 is 0 Å². The Bertz CT molecular complexity index is 851. The molecule has 71 heavy (non-hydrogen) atoms. The quantitative estimate of drug-likeness (QED) is 0.0421. The molecule has 0 amide bonds. The molecule has 1 nitrogen and oxygen atoms in total. The third-order valence-corrected chi connectivity index (χ3v) is 17.9. The minimum absolute atomic E-state index is 0.863. The van der Waals surface area contributed by atoms with Crippen LogP contribution < -0.4 is 0 Å². The van der Waals surface area contributed by atoms with Crippen LogP contribution in [0.2, 0.25) is 0 Å². The van der Waals surface area contributed by atoms with E-state index >= 15 is 0 Å². The van der Waals surface area contributed by atoms with Gasteiger partial charge in [-0.2, -0.15) is 0 Å². The second-order valence-corrected chi connectivity index (χ2v) is 25.2. The maximum absolute atomic E-state index is 2.74. The summed E-state index contributed by atoms with van der Waals surface area (Å²) in [6, 6.07) is 1.73. The summed E-state index contributed by atoms with van der Waals surface area (Å²) in [7, 11) is 5.47. The second kappa shape index (κ2) is 60.8. The number of hydrogen-bond donors (Lipinski definition) is 0. The molecule has 0 saturated heterocycles. The normalized spacial score (nSPS) is 12.9. The van der Waals surface area contributed by atoms with Crippen molar-refractivity contribution in [1.82, 2.24) is 0 Å². The van der Waals surface area contributed by atoms with Crippen LogP contribution in [-0.2, 0) is 0 Å². The molecule has 0 heterocycles. The van der Waals surface area contributed by atoms with Crippen molar-refractivity contribution in [3.63, 3.8) is 0 Å². The molecule has 0 bridgehead atoms. The summed E-state index contributed by atoms with van der Waals surface area (Å²) in [6.07, 6.45) is 91.3. The molecule has 0 aliphatic heterocycles. The van der Waals surface area contributed by atoms with Gasteiger partial charge >= 0.3 is 0 Å². The van der Waals surface area contributed by atoms with Gasteiger partial charge in [0.2, 0.25) is 0 Å². The van der Waals surface area contributed by atoms with Crippen molar-refractivity contribution >= 4 is 0 Å². The molecule has 0 aromatic rings. The van der Waals surface area contributed by atoms with Gasteiger partial charge < -0.3 is 4.48 Å². The van der Waals surface area contributed by atoms with Crippen molar-refractivity contribution in [2.45, 2.75) is 438 Å². The Balaban J connectivity index is 5.11. The molecule has 2 atom stereocenters. The van der Waals surface area contributed by atoms with Crippen molar-refractivity contribution in [1.29, 1.82) is 0 Å². The topological polar surface area (TPSA) is 0 Å². The summed E-state index contributed by atoms with van der Waals surface area (Å²) < 4.78 is 1.33. The van der Waals surface area contributed by atoms with Gasteiger partial charge in [0.1, 0.15) is 0 Å². The molecule has 428 valence electrons. The molecule has 0 radical (unpaired) electrons. The fourth-order valence-corrected chi connectivity index (χ4v) is 12.6. The highest BCUT2D eigenvalue weighted by atomic mass is 15.4. The maximum atomic E-state index is 2.74. The Morgan fingerprint density at radius 3 is 0.366 bits per heavy atom. The number of hydrogen-bond acceptors (Lipinski definition) is 0. The van der Waals surface area contributed by atoms with Crippen LogP contribution in [0, 0.1) is 0 Å². The van der Waals surface area contributed by atoms with Crippen molar-refractivity contribution in [3.05, 3.63) is 0 Å². The lowest BCUT2D eigenvalue weighted by molar-refractivity contribution is -0.940.